The molecule has 1 rings (SSSR count). The fraction of sp³-hybridized carbons (Fsp3) is 0.308. The fourth-order valence-electron chi connectivity index (χ4n) is 1.24. The topological polar surface area (TPSA) is 49.3 Å². The van der Waals surface area contributed by atoms with Crippen molar-refractivity contribution < 1.29 is 9.90 Å². The quantitative estimate of drug-likeness (QED) is 0.728. The molecule has 0 spiro atoms. The van der Waals surface area contributed by atoms with E-state index in [2.05, 4.69) is 11.2 Å². The van der Waals surface area contributed by atoms with Gasteiger partial charge < -0.3 is 10.4 Å². The first-order chi connectivity index (χ1) is 7.76. The van der Waals surface area contributed by atoms with Gasteiger partial charge in [0.25, 0.3) is 0 Å². The monoisotopic (exact) mass is 217 g/mol. The van der Waals surface area contributed by atoms with Crippen LogP contribution in [-0.2, 0) is 17.9 Å². The Kier molecular flexibility index (Phi) is 5.10. The predicted octanol–water partition coefficient (Wildman–Crippen LogP) is 1.21. The van der Waals surface area contributed by atoms with Gasteiger partial charge in [-0.15, -0.1) is 12.3 Å². The Morgan fingerprint density at radius 3 is 2.50 bits per heavy atom. The Balaban J connectivity index is 2.37. The molecule has 0 aliphatic rings. The van der Waals surface area contributed by atoms with Crippen LogP contribution in [0.25, 0.3) is 0 Å². The van der Waals surface area contributed by atoms with E-state index in [0.717, 1.165) is 11.1 Å². The van der Waals surface area contributed by atoms with E-state index in [9.17, 15) is 4.79 Å². The average Bonchev–Trinajstić information content (AvgIpc) is 2.34. The molecule has 2 N–H and O–H groups in total. The largest absolute Gasteiger partial charge is 0.392 e. The molecule has 16 heavy (non-hydrogen) atoms. The number of aliphatic hydroxyl groups excluding tert-OH is 1. The van der Waals surface area contributed by atoms with Gasteiger partial charge in [0.15, 0.2) is 0 Å². The lowest BCUT2D eigenvalue weighted by Crippen LogP contribution is -2.22. The van der Waals surface area contributed by atoms with Crippen LogP contribution in [0.1, 0.15) is 24.0 Å². The molecule has 0 atom stereocenters. The maximum atomic E-state index is 11.3. The zero-order valence-electron chi connectivity index (χ0n) is 9.07. The van der Waals surface area contributed by atoms with Crippen LogP contribution >= 0.6 is 0 Å². The highest BCUT2D eigenvalue weighted by Gasteiger charge is 1.99. The van der Waals surface area contributed by atoms with Crippen molar-refractivity contribution in [3.05, 3.63) is 35.4 Å². The lowest BCUT2D eigenvalue weighted by atomic mass is 10.1. The number of nitrogens with one attached hydrogen (secondary N) is 1. The second-order valence-electron chi connectivity index (χ2n) is 3.46. The first kappa shape index (κ1) is 12.3. The zero-order valence-corrected chi connectivity index (χ0v) is 9.07. The Morgan fingerprint density at radius 1 is 1.31 bits per heavy atom. The van der Waals surface area contributed by atoms with Crippen molar-refractivity contribution in [3.63, 3.8) is 0 Å². The number of carbonyl (C=O) groups excluding carboxylic acids is 1. The second-order valence-corrected chi connectivity index (χ2v) is 3.46. The summed E-state index contributed by atoms with van der Waals surface area (Å²) in [5, 5.41) is 11.6. The minimum absolute atomic E-state index is 0.0365. The summed E-state index contributed by atoms with van der Waals surface area (Å²) in [6, 6.07) is 7.44. The van der Waals surface area contributed by atoms with E-state index >= 15 is 0 Å². The third-order valence-corrected chi connectivity index (χ3v) is 2.19. The minimum Gasteiger partial charge on any atom is -0.392 e. The molecule has 0 heterocycles. The molecule has 0 aromatic heterocycles. The molecule has 0 fully saturated rings. The van der Waals surface area contributed by atoms with Gasteiger partial charge in [-0.05, 0) is 11.1 Å². The molecular formula is C13H15NO2. The van der Waals surface area contributed by atoms with Gasteiger partial charge in [-0.1, -0.05) is 24.3 Å². The fourth-order valence-corrected chi connectivity index (χ4v) is 1.24. The van der Waals surface area contributed by atoms with Crippen LogP contribution < -0.4 is 5.32 Å². The number of hydrogen-bond donors (Lipinski definition) is 2. The summed E-state index contributed by atoms with van der Waals surface area (Å²) in [6.45, 7) is 0.532. The summed E-state index contributed by atoms with van der Waals surface area (Å²) in [4.78, 5) is 11.3. The van der Waals surface area contributed by atoms with Crippen molar-refractivity contribution in [3.8, 4) is 12.3 Å². The molecule has 1 aromatic rings. The maximum Gasteiger partial charge on any atom is 0.221 e. The molecule has 0 saturated carbocycles. The lowest BCUT2D eigenvalue weighted by molar-refractivity contribution is -0.121. The highest BCUT2D eigenvalue weighted by molar-refractivity contribution is 5.76. The van der Waals surface area contributed by atoms with E-state index in [4.69, 9.17) is 11.5 Å². The van der Waals surface area contributed by atoms with Gasteiger partial charge in [-0.2, -0.15) is 0 Å². The van der Waals surface area contributed by atoms with Crippen molar-refractivity contribution in [2.24, 2.45) is 0 Å². The number of hydrogen-bond acceptors (Lipinski definition) is 2. The molecule has 0 unspecified atom stereocenters. The van der Waals surface area contributed by atoms with Crippen molar-refractivity contribution >= 4 is 5.91 Å². The first-order valence-corrected chi connectivity index (χ1v) is 5.15. The molecule has 84 valence electrons. The van der Waals surface area contributed by atoms with Gasteiger partial charge in [0.2, 0.25) is 5.91 Å². The van der Waals surface area contributed by atoms with E-state index in [1.807, 2.05) is 24.3 Å². The van der Waals surface area contributed by atoms with E-state index in [0.29, 0.717) is 19.4 Å². The van der Waals surface area contributed by atoms with Crippen molar-refractivity contribution in [2.75, 3.05) is 0 Å². The van der Waals surface area contributed by atoms with Crippen molar-refractivity contribution in [2.45, 2.75) is 26.0 Å². The summed E-state index contributed by atoms with van der Waals surface area (Å²) < 4.78 is 0. The summed E-state index contributed by atoms with van der Waals surface area (Å²) in [7, 11) is 0. The molecule has 0 aliphatic carbocycles. The molecule has 1 amide bonds. The van der Waals surface area contributed by atoms with Gasteiger partial charge in [-0.25, -0.2) is 0 Å². The summed E-state index contributed by atoms with van der Waals surface area (Å²) in [5.41, 5.74) is 1.87. The molecule has 3 heteroatoms. The first-order valence-electron chi connectivity index (χ1n) is 5.15. The lowest BCUT2D eigenvalue weighted by Gasteiger charge is -2.04. The normalized spacial score (nSPS) is 9.50. The summed E-state index contributed by atoms with van der Waals surface area (Å²) in [5.74, 6) is 2.39. The van der Waals surface area contributed by atoms with Crippen molar-refractivity contribution in [1.29, 1.82) is 0 Å². The van der Waals surface area contributed by atoms with Crippen LogP contribution in [0.4, 0.5) is 0 Å². The van der Waals surface area contributed by atoms with E-state index in [1.165, 1.54) is 0 Å². The van der Waals surface area contributed by atoms with Crippen LogP contribution in [-0.4, -0.2) is 11.0 Å². The number of rotatable bonds is 5. The van der Waals surface area contributed by atoms with Crippen LogP contribution in [0.5, 0.6) is 0 Å². The zero-order chi connectivity index (χ0) is 11.8. The smallest absolute Gasteiger partial charge is 0.221 e. The van der Waals surface area contributed by atoms with Gasteiger partial charge >= 0.3 is 0 Å². The third kappa shape index (κ3) is 4.16. The van der Waals surface area contributed by atoms with Crippen LogP contribution in [0.15, 0.2) is 24.3 Å². The van der Waals surface area contributed by atoms with Gasteiger partial charge in [-0.3, -0.25) is 4.79 Å². The molecule has 0 radical (unpaired) electrons. The van der Waals surface area contributed by atoms with Gasteiger partial charge in [0.1, 0.15) is 0 Å². The van der Waals surface area contributed by atoms with E-state index < -0.39 is 0 Å². The molecule has 1 aromatic carbocycles. The predicted molar refractivity (Wildman–Crippen MR) is 62.3 cm³/mol. The maximum absolute atomic E-state index is 11.3. The van der Waals surface area contributed by atoms with Crippen LogP contribution in [0, 0.1) is 12.3 Å². The second kappa shape index (κ2) is 6.65. The molecule has 0 bridgehead atoms. The highest BCUT2D eigenvalue weighted by atomic mass is 16.3. The number of benzene rings is 1. The average molecular weight is 217 g/mol. The third-order valence-electron chi connectivity index (χ3n) is 2.19. The highest BCUT2D eigenvalue weighted by Crippen LogP contribution is 2.04. The standard InChI is InChI=1S/C13H15NO2/c1-2-3-4-13(16)14-9-11-5-7-12(10-15)8-6-11/h1,5-8,15H,3-4,9-10H2,(H,14,16). The van der Waals surface area contributed by atoms with E-state index in [1.54, 1.807) is 0 Å². The SMILES string of the molecule is C#CCCC(=O)NCc1ccc(CO)cc1. The molecular weight excluding hydrogens is 202 g/mol. The number of aliphatic hydroxyl groups is 1. The Hall–Kier alpha value is -1.79. The Morgan fingerprint density at radius 2 is 1.94 bits per heavy atom. The van der Waals surface area contributed by atoms with Crippen molar-refractivity contribution in [1.82, 2.24) is 5.32 Å². The Bertz CT molecular complexity index is 376. The molecule has 0 saturated heterocycles. The summed E-state index contributed by atoms with van der Waals surface area (Å²) >= 11 is 0. The van der Waals surface area contributed by atoms with Crippen LogP contribution in [0.3, 0.4) is 0 Å². The van der Waals surface area contributed by atoms with E-state index in [-0.39, 0.29) is 12.5 Å². The minimum atomic E-state index is -0.0378. The number of amides is 1. The Labute approximate surface area is 95.5 Å². The number of terminal acetylenes is 1. The van der Waals surface area contributed by atoms with Gasteiger partial charge in [0, 0.05) is 19.4 Å². The summed E-state index contributed by atoms with van der Waals surface area (Å²) in [6.07, 6.45) is 5.90. The molecule has 0 aliphatic heterocycles. The molecule has 3 nitrogen and oxygen atoms in total. The number of carbonyl (C=O) groups is 1. The van der Waals surface area contributed by atoms with Crippen LogP contribution in [0.2, 0.25) is 0 Å². The van der Waals surface area contributed by atoms with Gasteiger partial charge in [0.05, 0.1) is 6.61 Å².